The SMILES string of the molecule is CC(=O)CCCN1CCCCC1C. The fourth-order valence-electron chi connectivity index (χ4n) is 2.02. The summed E-state index contributed by atoms with van der Waals surface area (Å²) in [4.78, 5) is 13.3. The van der Waals surface area contributed by atoms with Crippen LogP contribution in [0.4, 0.5) is 0 Å². The molecule has 0 aromatic carbocycles. The van der Waals surface area contributed by atoms with Crippen LogP contribution in [0, 0.1) is 0 Å². The molecule has 13 heavy (non-hydrogen) atoms. The third-order valence-electron chi connectivity index (χ3n) is 2.91. The molecular formula is C11H21NO. The van der Waals surface area contributed by atoms with Crippen LogP contribution in [0.1, 0.15) is 46.0 Å². The fourth-order valence-corrected chi connectivity index (χ4v) is 2.02. The van der Waals surface area contributed by atoms with E-state index >= 15 is 0 Å². The lowest BCUT2D eigenvalue weighted by molar-refractivity contribution is -0.117. The van der Waals surface area contributed by atoms with E-state index in [1.807, 2.05) is 0 Å². The molecule has 0 bridgehead atoms. The Bertz CT molecular complexity index is 167. The molecule has 0 aromatic heterocycles. The van der Waals surface area contributed by atoms with Crippen molar-refractivity contribution in [2.24, 2.45) is 0 Å². The van der Waals surface area contributed by atoms with Gasteiger partial charge >= 0.3 is 0 Å². The lowest BCUT2D eigenvalue weighted by atomic mass is 10.0. The molecule has 1 rings (SSSR count). The summed E-state index contributed by atoms with van der Waals surface area (Å²) in [5.74, 6) is 0.324. The first-order chi connectivity index (χ1) is 6.20. The van der Waals surface area contributed by atoms with Gasteiger partial charge in [0.15, 0.2) is 0 Å². The second-order valence-corrected chi connectivity index (χ2v) is 4.19. The molecule has 0 amide bonds. The highest BCUT2D eigenvalue weighted by Crippen LogP contribution is 2.16. The van der Waals surface area contributed by atoms with Gasteiger partial charge in [-0.05, 0) is 46.2 Å². The van der Waals surface area contributed by atoms with Gasteiger partial charge in [-0.1, -0.05) is 6.42 Å². The first kappa shape index (κ1) is 10.7. The summed E-state index contributed by atoms with van der Waals surface area (Å²) in [6, 6.07) is 0.737. The van der Waals surface area contributed by atoms with E-state index in [2.05, 4.69) is 11.8 Å². The normalized spacial score (nSPS) is 24.6. The summed E-state index contributed by atoms with van der Waals surface area (Å²) >= 11 is 0. The van der Waals surface area contributed by atoms with Gasteiger partial charge in [-0.3, -0.25) is 0 Å². The maximum atomic E-state index is 10.7. The summed E-state index contributed by atoms with van der Waals surface area (Å²) in [7, 11) is 0. The van der Waals surface area contributed by atoms with Crippen molar-refractivity contribution < 1.29 is 4.79 Å². The molecule has 1 aliphatic rings. The van der Waals surface area contributed by atoms with E-state index in [1.54, 1.807) is 6.92 Å². The van der Waals surface area contributed by atoms with Crippen LogP contribution in [0.2, 0.25) is 0 Å². The maximum Gasteiger partial charge on any atom is 0.129 e. The molecule has 1 atom stereocenters. The van der Waals surface area contributed by atoms with E-state index < -0.39 is 0 Å². The Morgan fingerprint density at radius 1 is 1.46 bits per heavy atom. The molecule has 1 heterocycles. The molecule has 2 heteroatoms. The highest BCUT2D eigenvalue weighted by Gasteiger charge is 2.17. The van der Waals surface area contributed by atoms with E-state index in [-0.39, 0.29) is 0 Å². The van der Waals surface area contributed by atoms with Gasteiger partial charge in [0.2, 0.25) is 0 Å². The Morgan fingerprint density at radius 2 is 2.23 bits per heavy atom. The summed E-state index contributed by atoms with van der Waals surface area (Å²) in [5, 5.41) is 0. The zero-order valence-electron chi connectivity index (χ0n) is 8.88. The molecule has 1 fully saturated rings. The van der Waals surface area contributed by atoms with Crippen LogP contribution < -0.4 is 0 Å². The summed E-state index contributed by atoms with van der Waals surface area (Å²) in [6.07, 6.45) is 5.84. The van der Waals surface area contributed by atoms with Gasteiger partial charge in [-0.25, -0.2) is 0 Å². The molecule has 2 nitrogen and oxygen atoms in total. The average molecular weight is 183 g/mol. The zero-order valence-corrected chi connectivity index (χ0v) is 8.88. The first-order valence-corrected chi connectivity index (χ1v) is 5.43. The molecule has 1 unspecified atom stereocenters. The number of nitrogens with zero attached hydrogens (tertiary/aromatic N) is 1. The minimum absolute atomic E-state index is 0.324. The molecular weight excluding hydrogens is 162 g/mol. The van der Waals surface area contributed by atoms with Crippen LogP contribution in [0.25, 0.3) is 0 Å². The predicted octanol–water partition coefficient (Wildman–Crippen LogP) is 2.23. The average Bonchev–Trinajstić information content (AvgIpc) is 2.08. The van der Waals surface area contributed by atoms with E-state index in [0.29, 0.717) is 5.78 Å². The number of carbonyl (C=O) groups excluding carboxylic acids is 1. The smallest absolute Gasteiger partial charge is 0.129 e. The third kappa shape index (κ3) is 3.90. The molecule has 0 aromatic rings. The number of hydrogen-bond donors (Lipinski definition) is 0. The van der Waals surface area contributed by atoms with Crippen LogP contribution >= 0.6 is 0 Å². The van der Waals surface area contributed by atoms with Crippen LogP contribution in [-0.4, -0.2) is 29.8 Å². The van der Waals surface area contributed by atoms with Crippen LogP contribution in [0.5, 0.6) is 0 Å². The number of piperidine rings is 1. The minimum Gasteiger partial charge on any atom is -0.301 e. The Labute approximate surface area is 81.3 Å². The molecule has 1 saturated heterocycles. The number of rotatable bonds is 4. The minimum atomic E-state index is 0.324. The van der Waals surface area contributed by atoms with Gasteiger partial charge in [-0.2, -0.15) is 0 Å². The van der Waals surface area contributed by atoms with Crippen molar-refractivity contribution in [3.05, 3.63) is 0 Å². The number of ketones is 1. The van der Waals surface area contributed by atoms with Crippen molar-refractivity contribution in [3.63, 3.8) is 0 Å². The lowest BCUT2D eigenvalue weighted by Gasteiger charge is -2.33. The summed E-state index contributed by atoms with van der Waals surface area (Å²) < 4.78 is 0. The van der Waals surface area contributed by atoms with Gasteiger partial charge in [0, 0.05) is 12.5 Å². The van der Waals surface area contributed by atoms with Gasteiger partial charge in [0.25, 0.3) is 0 Å². The second kappa shape index (κ2) is 5.38. The largest absolute Gasteiger partial charge is 0.301 e. The van der Waals surface area contributed by atoms with E-state index in [4.69, 9.17) is 0 Å². The van der Waals surface area contributed by atoms with Crippen molar-refractivity contribution in [1.82, 2.24) is 4.90 Å². The Kier molecular flexibility index (Phi) is 4.43. The summed E-state index contributed by atoms with van der Waals surface area (Å²) in [5.41, 5.74) is 0. The predicted molar refractivity (Wildman–Crippen MR) is 54.8 cm³/mol. The summed E-state index contributed by atoms with van der Waals surface area (Å²) in [6.45, 7) is 6.33. The highest BCUT2D eigenvalue weighted by molar-refractivity contribution is 5.75. The molecule has 76 valence electrons. The van der Waals surface area contributed by atoms with E-state index in [9.17, 15) is 4.79 Å². The van der Waals surface area contributed by atoms with Gasteiger partial charge in [0.1, 0.15) is 5.78 Å². The molecule has 0 aliphatic carbocycles. The van der Waals surface area contributed by atoms with Crippen molar-refractivity contribution >= 4 is 5.78 Å². The van der Waals surface area contributed by atoms with E-state index in [1.165, 1.54) is 25.8 Å². The standard InChI is InChI=1S/C11H21NO/c1-10-6-3-4-8-12(10)9-5-7-11(2)13/h10H,3-9H2,1-2H3. The van der Waals surface area contributed by atoms with Crippen molar-refractivity contribution in [3.8, 4) is 0 Å². The van der Waals surface area contributed by atoms with Gasteiger partial charge < -0.3 is 9.69 Å². The van der Waals surface area contributed by atoms with Crippen LogP contribution in [0.15, 0.2) is 0 Å². The Hall–Kier alpha value is -0.370. The van der Waals surface area contributed by atoms with Gasteiger partial charge in [-0.15, -0.1) is 0 Å². The number of hydrogen-bond acceptors (Lipinski definition) is 2. The quantitative estimate of drug-likeness (QED) is 0.666. The fraction of sp³-hybridized carbons (Fsp3) is 0.909. The van der Waals surface area contributed by atoms with Gasteiger partial charge in [0.05, 0.1) is 0 Å². The molecule has 0 spiro atoms. The lowest BCUT2D eigenvalue weighted by Crippen LogP contribution is -2.38. The highest BCUT2D eigenvalue weighted by atomic mass is 16.1. The number of carbonyl (C=O) groups is 1. The van der Waals surface area contributed by atoms with E-state index in [0.717, 1.165) is 25.4 Å². The second-order valence-electron chi connectivity index (χ2n) is 4.19. The molecule has 0 saturated carbocycles. The monoisotopic (exact) mass is 183 g/mol. The van der Waals surface area contributed by atoms with Crippen molar-refractivity contribution in [2.45, 2.75) is 52.0 Å². The first-order valence-electron chi connectivity index (χ1n) is 5.43. The van der Waals surface area contributed by atoms with Crippen LogP contribution in [0.3, 0.4) is 0 Å². The molecule has 0 radical (unpaired) electrons. The third-order valence-corrected chi connectivity index (χ3v) is 2.91. The van der Waals surface area contributed by atoms with Crippen LogP contribution in [-0.2, 0) is 4.79 Å². The topological polar surface area (TPSA) is 20.3 Å². The number of likely N-dealkylation sites (tertiary alicyclic amines) is 1. The molecule has 0 N–H and O–H groups in total. The Morgan fingerprint density at radius 3 is 2.85 bits per heavy atom. The van der Waals surface area contributed by atoms with Crippen molar-refractivity contribution in [2.75, 3.05) is 13.1 Å². The maximum absolute atomic E-state index is 10.7. The zero-order chi connectivity index (χ0) is 9.68. The molecule has 1 aliphatic heterocycles. The number of Topliss-reactive ketones (excluding diaryl/α,β-unsaturated/α-hetero) is 1. The van der Waals surface area contributed by atoms with Crippen molar-refractivity contribution in [1.29, 1.82) is 0 Å². The Balaban J connectivity index is 2.15.